The Kier molecular flexibility index (Phi) is 6.19. The molecule has 0 saturated carbocycles. The maximum absolute atomic E-state index is 11.6. The van der Waals surface area contributed by atoms with Gasteiger partial charge in [-0.25, -0.2) is 4.79 Å². The summed E-state index contributed by atoms with van der Waals surface area (Å²) in [6, 6.07) is 7.34. The summed E-state index contributed by atoms with van der Waals surface area (Å²) in [5.74, 6) is -2.20. The highest BCUT2D eigenvalue weighted by Gasteiger charge is 2.21. The molecule has 2 unspecified atom stereocenters. The van der Waals surface area contributed by atoms with E-state index in [1.54, 1.807) is 30.3 Å². The molecular formula is C14H19N3O4. The molecule has 4 N–H and O–H groups in total. The smallest absolute Gasteiger partial charge is 0.315 e. The Balaban J connectivity index is 2.57. The van der Waals surface area contributed by atoms with Crippen LogP contribution in [0.25, 0.3) is 0 Å². The minimum Gasteiger partial charge on any atom is -0.481 e. The van der Waals surface area contributed by atoms with Gasteiger partial charge in [-0.05, 0) is 12.5 Å². The SMILES string of the molecule is CNC(=O)C(C)NC(=O)NCC(C(=O)O)c1ccccc1. The van der Waals surface area contributed by atoms with Crippen LogP contribution in [-0.2, 0) is 9.59 Å². The average molecular weight is 293 g/mol. The molecule has 1 aromatic rings. The zero-order valence-corrected chi connectivity index (χ0v) is 11.9. The van der Waals surface area contributed by atoms with Crippen molar-refractivity contribution in [3.05, 3.63) is 35.9 Å². The normalized spacial score (nSPS) is 12.9. The van der Waals surface area contributed by atoms with E-state index in [1.807, 2.05) is 0 Å². The van der Waals surface area contributed by atoms with Crippen LogP contribution in [-0.4, -0.2) is 42.6 Å². The molecule has 0 spiro atoms. The third-order valence-electron chi connectivity index (χ3n) is 2.95. The van der Waals surface area contributed by atoms with E-state index in [-0.39, 0.29) is 12.5 Å². The maximum Gasteiger partial charge on any atom is 0.315 e. The summed E-state index contributed by atoms with van der Waals surface area (Å²) in [6.07, 6.45) is 0. The fourth-order valence-electron chi connectivity index (χ4n) is 1.76. The van der Waals surface area contributed by atoms with Crippen molar-refractivity contribution in [2.24, 2.45) is 0 Å². The molecule has 1 rings (SSSR count). The van der Waals surface area contributed by atoms with Gasteiger partial charge < -0.3 is 21.1 Å². The van der Waals surface area contributed by atoms with E-state index >= 15 is 0 Å². The van der Waals surface area contributed by atoms with Gasteiger partial charge in [0.15, 0.2) is 0 Å². The summed E-state index contributed by atoms with van der Waals surface area (Å²) in [4.78, 5) is 34.2. The number of hydrogen-bond donors (Lipinski definition) is 4. The van der Waals surface area contributed by atoms with E-state index in [2.05, 4.69) is 16.0 Å². The van der Waals surface area contributed by atoms with E-state index in [9.17, 15) is 19.5 Å². The fourth-order valence-corrected chi connectivity index (χ4v) is 1.76. The Labute approximate surface area is 122 Å². The van der Waals surface area contributed by atoms with Gasteiger partial charge in [-0.15, -0.1) is 0 Å². The molecule has 0 heterocycles. The Hall–Kier alpha value is -2.57. The van der Waals surface area contributed by atoms with Crippen molar-refractivity contribution in [2.45, 2.75) is 18.9 Å². The summed E-state index contributed by atoms with van der Waals surface area (Å²) >= 11 is 0. The second-order valence-corrected chi connectivity index (χ2v) is 4.49. The van der Waals surface area contributed by atoms with Crippen molar-refractivity contribution < 1.29 is 19.5 Å². The number of carbonyl (C=O) groups is 3. The Morgan fingerprint density at radius 3 is 2.33 bits per heavy atom. The van der Waals surface area contributed by atoms with Crippen molar-refractivity contribution in [3.8, 4) is 0 Å². The van der Waals surface area contributed by atoms with Crippen molar-refractivity contribution in [1.82, 2.24) is 16.0 Å². The number of carbonyl (C=O) groups excluding carboxylic acids is 2. The van der Waals surface area contributed by atoms with Gasteiger partial charge in [0.05, 0.1) is 5.92 Å². The van der Waals surface area contributed by atoms with Crippen molar-refractivity contribution in [2.75, 3.05) is 13.6 Å². The van der Waals surface area contributed by atoms with Crippen molar-refractivity contribution in [1.29, 1.82) is 0 Å². The first-order valence-corrected chi connectivity index (χ1v) is 6.49. The molecule has 0 bridgehead atoms. The lowest BCUT2D eigenvalue weighted by Gasteiger charge is -2.16. The first kappa shape index (κ1) is 16.5. The zero-order chi connectivity index (χ0) is 15.8. The van der Waals surface area contributed by atoms with Crippen LogP contribution < -0.4 is 16.0 Å². The topological polar surface area (TPSA) is 108 Å². The van der Waals surface area contributed by atoms with E-state index in [0.717, 1.165) is 0 Å². The van der Waals surface area contributed by atoms with Crippen LogP contribution in [0.2, 0.25) is 0 Å². The number of benzene rings is 1. The van der Waals surface area contributed by atoms with Crippen LogP contribution in [0.3, 0.4) is 0 Å². The highest BCUT2D eigenvalue weighted by atomic mass is 16.4. The number of urea groups is 1. The van der Waals surface area contributed by atoms with Gasteiger partial charge >= 0.3 is 12.0 Å². The second kappa shape index (κ2) is 7.88. The van der Waals surface area contributed by atoms with E-state index in [4.69, 9.17) is 0 Å². The third-order valence-corrected chi connectivity index (χ3v) is 2.95. The van der Waals surface area contributed by atoms with E-state index in [0.29, 0.717) is 5.56 Å². The van der Waals surface area contributed by atoms with Crippen LogP contribution in [0, 0.1) is 0 Å². The number of amides is 3. The molecule has 0 saturated heterocycles. The predicted octanol–water partition coefficient (Wildman–Crippen LogP) is 0.289. The number of rotatable bonds is 6. The quantitative estimate of drug-likeness (QED) is 0.604. The fraction of sp³-hybridized carbons (Fsp3) is 0.357. The molecule has 3 amide bonds. The van der Waals surface area contributed by atoms with Gasteiger partial charge in [0.25, 0.3) is 0 Å². The molecule has 0 aliphatic heterocycles. The monoisotopic (exact) mass is 293 g/mol. The minimum atomic E-state index is -1.03. The second-order valence-electron chi connectivity index (χ2n) is 4.49. The Morgan fingerprint density at radius 2 is 1.81 bits per heavy atom. The van der Waals surface area contributed by atoms with Gasteiger partial charge in [-0.3, -0.25) is 9.59 Å². The number of hydrogen-bond acceptors (Lipinski definition) is 3. The Morgan fingerprint density at radius 1 is 1.19 bits per heavy atom. The number of nitrogens with one attached hydrogen (secondary N) is 3. The first-order valence-electron chi connectivity index (χ1n) is 6.49. The summed E-state index contributed by atoms with van der Waals surface area (Å²) in [7, 11) is 1.47. The molecule has 0 aliphatic carbocycles. The molecule has 0 aliphatic rings. The lowest BCUT2D eigenvalue weighted by atomic mass is 9.99. The van der Waals surface area contributed by atoms with Crippen LogP contribution in [0.5, 0.6) is 0 Å². The molecule has 7 heteroatoms. The third kappa shape index (κ3) is 5.13. The molecule has 2 atom stereocenters. The van der Waals surface area contributed by atoms with Gasteiger partial charge in [0.1, 0.15) is 6.04 Å². The molecule has 7 nitrogen and oxygen atoms in total. The van der Waals surface area contributed by atoms with Gasteiger partial charge in [0, 0.05) is 13.6 Å². The number of aliphatic carboxylic acids is 1. The van der Waals surface area contributed by atoms with E-state index < -0.39 is 24.0 Å². The van der Waals surface area contributed by atoms with Gasteiger partial charge in [-0.1, -0.05) is 30.3 Å². The van der Waals surface area contributed by atoms with Gasteiger partial charge in [-0.2, -0.15) is 0 Å². The molecule has 0 aromatic heterocycles. The van der Waals surface area contributed by atoms with Crippen LogP contribution in [0.1, 0.15) is 18.4 Å². The molecule has 0 fully saturated rings. The first-order chi connectivity index (χ1) is 9.95. The molecule has 0 radical (unpaired) electrons. The van der Waals surface area contributed by atoms with E-state index in [1.165, 1.54) is 14.0 Å². The molecule has 21 heavy (non-hydrogen) atoms. The standard InChI is InChI=1S/C14H19N3O4/c1-9(12(18)15-2)17-14(21)16-8-11(13(19)20)10-6-4-3-5-7-10/h3-7,9,11H,8H2,1-2H3,(H,15,18)(H,19,20)(H2,16,17,21). The lowest BCUT2D eigenvalue weighted by Crippen LogP contribution is -2.48. The van der Waals surface area contributed by atoms with Crippen LogP contribution in [0.4, 0.5) is 4.79 Å². The summed E-state index contributed by atoms with van der Waals surface area (Å²) in [6.45, 7) is 1.47. The maximum atomic E-state index is 11.6. The largest absolute Gasteiger partial charge is 0.481 e. The van der Waals surface area contributed by atoms with Crippen LogP contribution in [0.15, 0.2) is 30.3 Å². The summed E-state index contributed by atoms with van der Waals surface area (Å²) in [5.41, 5.74) is 0.602. The lowest BCUT2D eigenvalue weighted by molar-refractivity contribution is -0.138. The highest BCUT2D eigenvalue weighted by Crippen LogP contribution is 2.14. The molecule has 114 valence electrons. The molecular weight excluding hydrogens is 274 g/mol. The predicted molar refractivity (Wildman–Crippen MR) is 76.9 cm³/mol. The zero-order valence-electron chi connectivity index (χ0n) is 11.9. The summed E-state index contributed by atoms with van der Waals surface area (Å²) < 4.78 is 0. The summed E-state index contributed by atoms with van der Waals surface area (Å²) in [5, 5.41) is 16.5. The average Bonchev–Trinajstić information content (AvgIpc) is 2.47. The van der Waals surface area contributed by atoms with Crippen molar-refractivity contribution >= 4 is 17.9 Å². The highest BCUT2D eigenvalue weighted by molar-refractivity contribution is 5.86. The number of likely N-dealkylation sites (N-methyl/N-ethyl adjacent to an activating group) is 1. The minimum absolute atomic E-state index is 0.0638. The number of carboxylic acid groups (broad SMARTS) is 1. The van der Waals surface area contributed by atoms with Crippen molar-refractivity contribution in [3.63, 3.8) is 0 Å². The number of carboxylic acids is 1. The molecule has 1 aromatic carbocycles. The Bertz CT molecular complexity index is 504. The van der Waals surface area contributed by atoms with Gasteiger partial charge in [0.2, 0.25) is 5.91 Å². The van der Waals surface area contributed by atoms with Crippen LogP contribution >= 0.6 is 0 Å².